The van der Waals surface area contributed by atoms with Crippen molar-refractivity contribution in [1.82, 2.24) is 4.98 Å². The molecule has 4 heteroatoms. The SMILES string of the molecule is Cc1ccc2nc(-c3cc(I)ccc3N)sc2c1. The van der Waals surface area contributed by atoms with Gasteiger partial charge >= 0.3 is 0 Å². The summed E-state index contributed by atoms with van der Waals surface area (Å²) in [6.45, 7) is 2.10. The average molecular weight is 366 g/mol. The molecule has 2 N–H and O–H groups in total. The molecule has 0 radical (unpaired) electrons. The van der Waals surface area contributed by atoms with Crippen molar-refractivity contribution < 1.29 is 0 Å². The first-order valence-electron chi connectivity index (χ1n) is 5.56. The first kappa shape index (κ1) is 11.9. The highest BCUT2D eigenvalue weighted by Crippen LogP contribution is 2.34. The molecule has 0 saturated carbocycles. The smallest absolute Gasteiger partial charge is 0.126 e. The number of nitrogens with two attached hydrogens (primary N) is 1. The minimum absolute atomic E-state index is 0.784. The van der Waals surface area contributed by atoms with E-state index in [2.05, 4.69) is 58.8 Å². The summed E-state index contributed by atoms with van der Waals surface area (Å²) < 4.78 is 2.38. The van der Waals surface area contributed by atoms with E-state index < -0.39 is 0 Å². The third-order valence-corrected chi connectivity index (χ3v) is 4.51. The van der Waals surface area contributed by atoms with Gasteiger partial charge in [0.05, 0.1) is 10.2 Å². The number of benzene rings is 2. The molecule has 2 nitrogen and oxygen atoms in total. The average Bonchev–Trinajstić information content (AvgIpc) is 2.74. The molecule has 0 saturated heterocycles. The Bertz CT molecular complexity index is 734. The number of hydrogen-bond donors (Lipinski definition) is 1. The predicted molar refractivity (Wildman–Crippen MR) is 86.9 cm³/mol. The Hall–Kier alpha value is -1.14. The molecule has 2 aromatic carbocycles. The number of halogens is 1. The zero-order valence-electron chi connectivity index (χ0n) is 9.77. The molecule has 0 spiro atoms. The summed E-state index contributed by atoms with van der Waals surface area (Å²) in [5, 5.41) is 0.992. The van der Waals surface area contributed by atoms with Crippen LogP contribution in [-0.4, -0.2) is 4.98 Å². The number of nitrogen functional groups attached to an aromatic ring is 1. The lowest BCUT2D eigenvalue weighted by Gasteiger charge is -2.01. The molecular weight excluding hydrogens is 355 g/mol. The quantitative estimate of drug-likeness (QED) is 0.510. The van der Waals surface area contributed by atoms with Crippen LogP contribution in [0, 0.1) is 10.5 Å². The third kappa shape index (κ3) is 2.10. The normalized spacial score (nSPS) is 11.0. The van der Waals surface area contributed by atoms with E-state index >= 15 is 0 Å². The molecule has 0 bridgehead atoms. The van der Waals surface area contributed by atoms with Crippen LogP contribution in [0.3, 0.4) is 0 Å². The summed E-state index contributed by atoms with van der Waals surface area (Å²) in [6.07, 6.45) is 0. The standard InChI is InChI=1S/C14H11IN2S/c1-8-2-5-12-13(6-8)18-14(17-12)10-7-9(15)3-4-11(10)16/h2-7H,16H2,1H3. The maximum absolute atomic E-state index is 6.04. The van der Waals surface area contributed by atoms with Crippen LogP contribution in [0.15, 0.2) is 36.4 Å². The van der Waals surface area contributed by atoms with E-state index in [-0.39, 0.29) is 0 Å². The van der Waals surface area contributed by atoms with E-state index in [1.165, 1.54) is 13.8 Å². The number of rotatable bonds is 1. The van der Waals surface area contributed by atoms with Gasteiger partial charge in [-0.2, -0.15) is 0 Å². The van der Waals surface area contributed by atoms with Gasteiger partial charge in [0.25, 0.3) is 0 Å². The van der Waals surface area contributed by atoms with Gasteiger partial charge in [-0.25, -0.2) is 4.98 Å². The van der Waals surface area contributed by atoms with Gasteiger partial charge in [-0.05, 0) is 65.4 Å². The largest absolute Gasteiger partial charge is 0.398 e. The van der Waals surface area contributed by atoms with Gasteiger partial charge in [0.1, 0.15) is 5.01 Å². The monoisotopic (exact) mass is 366 g/mol. The van der Waals surface area contributed by atoms with Gasteiger partial charge in [0, 0.05) is 14.8 Å². The highest BCUT2D eigenvalue weighted by Gasteiger charge is 2.09. The number of hydrogen-bond acceptors (Lipinski definition) is 3. The lowest BCUT2D eigenvalue weighted by Crippen LogP contribution is -1.89. The number of fused-ring (bicyclic) bond motifs is 1. The van der Waals surface area contributed by atoms with E-state index in [9.17, 15) is 0 Å². The van der Waals surface area contributed by atoms with Crippen LogP contribution in [-0.2, 0) is 0 Å². The Morgan fingerprint density at radius 2 is 2.00 bits per heavy atom. The zero-order valence-corrected chi connectivity index (χ0v) is 12.7. The second-order valence-corrected chi connectivity index (χ2v) is 6.50. The first-order valence-corrected chi connectivity index (χ1v) is 7.45. The molecular formula is C14H11IN2S. The van der Waals surface area contributed by atoms with E-state index in [1.54, 1.807) is 11.3 Å². The Morgan fingerprint density at radius 3 is 2.83 bits per heavy atom. The molecule has 1 heterocycles. The topological polar surface area (TPSA) is 38.9 Å². The molecule has 0 aliphatic heterocycles. The molecule has 0 aliphatic rings. The van der Waals surface area contributed by atoms with Crippen LogP contribution in [0.5, 0.6) is 0 Å². The summed E-state index contributed by atoms with van der Waals surface area (Å²) in [5.74, 6) is 0. The number of thiazole rings is 1. The maximum atomic E-state index is 6.04. The van der Waals surface area contributed by atoms with Gasteiger partial charge in [-0.15, -0.1) is 11.3 Å². The molecule has 0 fully saturated rings. The van der Waals surface area contributed by atoms with Crippen LogP contribution in [0.25, 0.3) is 20.8 Å². The van der Waals surface area contributed by atoms with E-state index in [0.29, 0.717) is 0 Å². The lowest BCUT2D eigenvalue weighted by atomic mass is 10.2. The summed E-state index contributed by atoms with van der Waals surface area (Å²) in [6, 6.07) is 12.4. The van der Waals surface area contributed by atoms with Crippen LogP contribution in [0.1, 0.15) is 5.56 Å². The van der Waals surface area contributed by atoms with Crippen LogP contribution in [0.2, 0.25) is 0 Å². The highest BCUT2D eigenvalue weighted by atomic mass is 127. The predicted octanol–water partition coefficient (Wildman–Crippen LogP) is 4.46. The van der Waals surface area contributed by atoms with Crippen LogP contribution >= 0.6 is 33.9 Å². The Balaban J connectivity index is 2.22. The Kier molecular flexibility index (Phi) is 2.99. The second-order valence-electron chi connectivity index (χ2n) is 4.22. The van der Waals surface area contributed by atoms with Gasteiger partial charge in [-0.1, -0.05) is 6.07 Å². The van der Waals surface area contributed by atoms with Crippen molar-refractivity contribution in [3.8, 4) is 10.6 Å². The van der Waals surface area contributed by atoms with Crippen molar-refractivity contribution in [3.05, 3.63) is 45.5 Å². The maximum Gasteiger partial charge on any atom is 0.126 e. The molecule has 0 amide bonds. The molecule has 3 rings (SSSR count). The Morgan fingerprint density at radius 1 is 1.17 bits per heavy atom. The van der Waals surface area contributed by atoms with Crippen molar-refractivity contribution in [2.45, 2.75) is 6.92 Å². The van der Waals surface area contributed by atoms with Gasteiger partial charge in [-0.3, -0.25) is 0 Å². The minimum Gasteiger partial charge on any atom is -0.398 e. The molecule has 0 aliphatic carbocycles. The summed E-state index contributed by atoms with van der Waals surface area (Å²) >= 11 is 3.99. The number of anilines is 1. The van der Waals surface area contributed by atoms with Gasteiger partial charge in [0.2, 0.25) is 0 Å². The van der Waals surface area contributed by atoms with E-state index in [1.807, 2.05) is 12.1 Å². The van der Waals surface area contributed by atoms with Gasteiger partial charge in [0.15, 0.2) is 0 Å². The summed E-state index contributed by atoms with van der Waals surface area (Å²) in [4.78, 5) is 4.66. The molecule has 18 heavy (non-hydrogen) atoms. The number of aryl methyl sites for hydroxylation is 1. The van der Waals surface area contributed by atoms with Crippen molar-refractivity contribution in [1.29, 1.82) is 0 Å². The Labute approximate surface area is 123 Å². The number of aromatic nitrogens is 1. The fourth-order valence-corrected chi connectivity index (χ4v) is 3.45. The molecule has 3 aromatic rings. The van der Waals surface area contributed by atoms with Crippen molar-refractivity contribution in [2.24, 2.45) is 0 Å². The molecule has 90 valence electrons. The fraction of sp³-hybridized carbons (Fsp3) is 0.0714. The summed E-state index contributed by atoms with van der Waals surface area (Å²) in [7, 11) is 0. The molecule has 1 aromatic heterocycles. The van der Waals surface area contributed by atoms with E-state index in [4.69, 9.17) is 5.73 Å². The highest BCUT2D eigenvalue weighted by molar-refractivity contribution is 14.1. The lowest BCUT2D eigenvalue weighted by molar-refractivity contribution is 1.45. The van der Waals surface area contributed by atoms with Gasteiger partial charge < -0.3 is 5.73 Å². The molecule has 0 unspecified atom stereocenters. The summed E-state index contributed by atoms with van der Waals surface area (Å²) in [5.41, 5.74) is 10.1. The zero-order chi connectivity index (χ0) is 12.7. The minimum atomic E-state index is 0.784. The number of nitrogens with zero attached hydrogens (tertiary/aromatic N) is 1. The fourth-order valence-electron chi connectivity index (χ4n) is 1.86. The van der Waals surface area contributed by atoms with Crippen molar-refractivity contribution in [2.75, 3.05) is 5.73 Å². The van der Waals surface area contributed by atoms with Crippen molar-refractivity contribution in [3.63, 3.8) is 0 Å². The second kappa shape index (κ2) is 4.51. The van der Waals surface area contributed by atoms with Crippen LogP contribution in [0.4, 0.5) is 5.69 Å². The first-order chi connectivity index (χ1) is 8.63. The third-order valence-electron chi connectivity index (χ3n) is 2.79. The molecule has 0 atom stereocenters. The van der Waals surface area contributed by atoms with E-state index in [0.717, 1.165) is 21.8 Å². The van der Waals surface area contributed by atoms with Crippen LogP contribution < -0.4 is 5.73 Å². The van der Waals surface area contributed by atoms with Crippen molar-refractivity contribution >= 4 is 49.8 Å².